The smallest absolute Gasteiger partial charge is 0.491 e. The molecule has 1 aromatic rings. The second kappa shape index (κ2) is 5.29. The molecule has 0 saturated heterocycles. The molecule has 0 saturated carbocycles. The Hall–Kier alpha value is -1.81. The van der Waals surface area contributed by atoms with Gasteiger partial charge >= 0.3 is 12.5 Å². The Morgan fingerprint density at radius 3 is 2.00 bits per heavy atom. The van der Waals surface area contributed by atoms with Gasteiger partial charge < -0.3 is 9.47 Å². The molecule has 20 heavy (non-hydrogen) atoms. The third-order valence-corrected chi connectivity index (χ3v) is 1.98. The van der Waals surface area contributed by atoms with Crippen molar-refractivity contribution in [1.82, 2.24) is 4.98 Å². The Kier molecular flexibility index (Phi) is 4.30. The fraction of sp³-hybridized carbons (Fsp3) is 0.444. The quantitative estimate of drug-likeness (QED) is 0.792. The highest BCUT2D eigenvalue weighted by atomic mass is 19.4. The molecule has 0 radical (unpaired) electrons. The van der Waals surface area contributed by atoms with Gasteiger partial charge in [0.1, 0.15) is 0 Å². The van der Waals surface area contributed by atoms with Gasteiger partial charge in [-0.25, -0.2) is 13.8 Å². The number of ether oxygens (including phenoxy) is 2. The molecule has 0 aromatic carbocycles. The fourth-order valence-electron chi connectivity index (χ4n) is 1.31. The third kappa shape index (κ3) is 3.61. The number of rotatable bonds is 3. The SMILES string of the molecule is COc1c(OC(F)(F)F)ncc(C(F)(F)F)c1C(F)F. The Bertz CT molecular complexity index is 482. The molecule has 1 aromatic heterocycles. The van der Waals surface area contributed by atoms with Gasteiger partial charge in [0.05, 0.1) is 18.2 Å². The Labute approximate surface area is 106 Å². The summed E-state index contributed by atoms with van der Waals surface area (Å²) >= 11 is 0. The van der Waals surface area contributed by atoms with Gasteiger partial charge in [0, 0.05) is 6.20 Å². The summed E-state index contributed by atoms with van der Waals surface area (Å²) < 4.78 is 106. The molecule has 0 atom stereocenters. The van der Waals surface area contributed by atoms with Crippen LogP contribution in [0.3, 0.4) is 0 Å². The van der Waals surface area contributed by atoms with Gasteiger partial charge in [-0.1, -0.05) is 0 Å². The zero-order chi connectivity index (χ0) is 15.7. The minimum Gasteiger partial charge on any atom is -0.491 e. The minimum absolute atomic E-state index is 0.176. The summed E-state index contributed by atoms with van der Waals surface area (Å²) in [6.45, 7) is 0. The lowest BCUT2D eigenvalue weighted by Crippen LogP contribution is -2.20. The average Bonchev–Trinajstić information content (AvgIpc) is 2.24. The van der Waals surface area contributed by atoms with E-state index in [1.807, 2.05) is 0 Å². The highest BCUT2D eigenvalue weighted by Crippen LogP contribution is 2.44. The van der Waals surface area contributed by atoms with Gasteiger partial charge in [0.15, 0.2) is 5.75 Å². The number of alkyl halides is 8. The molecule has 0 spiro atoms. The summed E-state index contributed by atoms with van der Waals surface area (Å²) in [7, 11) is 0.617. The average molecular weight is 311 g/mol. The van der Waals surface area contributed by atoms with E-state index in [1.165, 1.54) is 0 Å². The first-order valence-electron chi connectivity index (χ1n) is 4.65. The van der Waals surface area contributed by atoms with Crippen molar-refractivity contribution in [1.29, 1.82) is 0 Å². The maximum Gasteiger partial charge on any atom is 0.574 e. The van der Waals surface area contributed by atoms with E-state index in [0.29, 0.717) is 7.11 Å². The predicted octanol–water partition coefficient (Wildman–Crippen LogP) is 3.95. The molecule has 0 aliphatic rings. The zero-order valence-electron chi connectivity index (χ0n) is 9.44. The van der Waals surface area contributed by atoms with Gasteiger partial charge in [-0.3, -0.25) is 0 Å². The van der Waals surface area contributed by atoms with Crippen LogP contribution in [-0.4, -0.2) is 18.5 Å². The van der Waals surface area contributed by atoms with Gasteiger partial charge in [0.25, 0.3) is 12.3 Å². The van der Waals surface area contributed by atoms with E-state index in [4.69, 9.17) is 0 Å². The fourth-order valence-corrected chi connectivity index (χ4v) is 1.31. The summed E-state index contributed by atoms with van der Waals surface area (Å²) in [5, 5.41) is 0. The number of methoxy groups -OCH3 is 1. The maximum absolute atomic E-state index is 12.7. The predicted molar refractivity (Wildman–Crippen MR) is 47.4 cm³/mol. The number of nitrogens with zero attached hydrogens (tertiary/aromatic N) is 1. The Balaban J connectivity index is 3.50. The first-order chi connectivity index (χ1) is 8.97. The number of aromatic nitrogens is 1. The molecule has 0 unspecified atom stereocenters. The molecule has 0 aliphatic heterocycles. The lowest BCUT2D eigenvalue weighted by molar-refractivity contribution is -0.276. The van der Waals surface area contributed by atoms with E-state index in [9.17, 15) is 35.1 Å². The van der Waals surface area contributed by atoms with Crippen LogP contribution in [0.1, 0.15) is 17.6 Å². The van der Waals surface area contributed by atoms with Gasteiger partial charge in [0.2, 0.25) is 0 Å². The minimum atomic E-state index is -5.32. The first kappa shape index (κ1) is 16.2. The number of hydrogen-bond donors (Lipinski definition) is 0. The van der Waals surface area contributed by atoms with Crippen LogP contribution in [0, 0.1) is 0 Å². The van der Waals surface area contributed by atoms with Crippen molar-refractivity contribution in [3.8, 4) is 11.6 Å². The summed E-state index contributed by atoms with van der Waals surface area (Å²) in [4.78, 5) is 2.72. The molecular formula is C9H5F8NO2. The van der Waals surface area contributed by atoms with E-state index < -0.39 is 41.7 Å². The highest BCUT2D eigenvalue weighted by molar-refractivity contribution is 5.48. The van der Waals surface area contributed by atoms with Crippen molar-refractivity contribution in [3.05, 3.63) is 17.3 Å². The highest BCUT2D eigenvalue weighted by Gasteiger charge is 2.41. The Morgan fingerprint density at radius 1 is 1.10 bits per heavy atom. The van der Waals surface area contributed by atoms with Gasteiger partial charge in [-0.15, -0.1) is 13.2 Å². The van der Waals surface area contributed by atoms with Crippen LogP contribution in [-0.2, 0) is 6.18 Å². The van der Waals surface area contributed by atoms with Crippen molar-refractivity contribution in [2.45, 2.75) is 19.0 Å². The lowest BCUT2D eigenvalue weighted by Gasteiger charge is -2.18. The first-order valence-corrected chi connectivity index (χ1v) is 4.65. The Morgan fingerprint density at radius 2 is 1.65 bits per heavy atom. The van der Waals surface area contributed by atoms with Crippen molar-refractivity contribution >= 4 is 0 Å². The van der Waals surface area contributed by atoms with Crippen molar-refractivity contribution in [2.24, 2.45) is 0 Å². The van der Waals surface area contributed by atoms with Crippen LogP contribution in [0.5, 0.6) is 11.6 Å². The molecular weight excluding hydrogens is 306 g/mol. The topological polar surface area (TPSA) is 31.4 Å². The van der Waals surface area contributed by atoms with Crippen LogP contribution in [0.4, 0.5) is 35.1 Å². The lowest BCUT2D eigenvalue weighted by atomic mass is 10.1. The molecule has 0 aliphatic carbocycles. The van der Waals surface area contributed by atoms with E-state index in [0.717, 1.165) is 0 Å². The number of halogens is 8. The van der Waals surface area contributed by atoms with Crippen LogP contribution in [0.25, 0.3) is 0 Å². The summed E-state index contributed by atoms with van der Waals surface area (Å²) in [5.74, 6) is -2.95. The van der Waals surface area contributed by atoms with E-state index in [1.54, 1.807) is 0 Å². The molecule has 1 rings (SSSR count). The zero-order valence-corrected chi connectivity index (χ0v) is 9.44. The standard InChI is InChI=1S/C9H5F8NO2/c1-19-5-4(6(10)11)3(8(12,13)14)2-18-7(5)20-9(15,16)17/h2,6H,1H3. The summed E-state index contributed by atoms with van der Waals surface area (Å²) in [6, 6.07) is 0. The molecule has 3 nitrogen and oxygen atoms in total. The van der Waals surface area contributed by atoms with Gasteiger partial charge in [-0.05, 0) is 0 Å². The van der Waals surface area contributed by atoms with E-state index >= 15 is 0 Å². The van der Waals surface area contributed by atoms with Gasteiger partial charge in [-0.2, -0.15) is 13.2 Å². The van der Waals surface area contributed by atoms with Crippen LogP contribution in [0.2, 0.25) is 0 Å². The molecule has 114 valence electrons. The van der Waals surface area contributed by atoms with Crippen molar-refractivity contribution in [2.75, 3.05) is 7.11 Å². The van der Waals surface area contributed by atoms with Crippen LogP contribution >= 0.6 is 0 Å². The number of pyridine rings is 1. The second-order valence-corrected chi connectivity index (χ2v) is 3.27. The molecule has 11 heteroatoms. The maximum atomic E-state index is 12.7. The largest absolute Gasteiger partial charge is 0.574 e. The normalized spacial score (nSPS) is 12.7. The molecule has 1 heterocycles. The van der Waals surface area contributed by atoms with E-state index in [2.05, 4.69) is 14.5 Å². The summed E-state index contributed by atoms with van der Waals surface area (Å²) in [5.41, 5.74) is -3.67. The number of hydrogen-bond acceptors (Lipinski definition) is 3. The monoisotopic (exact) mass is 311 g/mol. The van der Waals surface area contributed by atoms with Crippen LogP contribution in [0.15, 0.2) is 6.20 Å². The molecule has 0 N–H and O–H groups in total. The summed E-state index contributed by atoms with van der Waals surface area (Å²) in [6.07, 6.45) is -14.5. The van der Waals surface area contributed by atoms with E-state index in [-0.39, 0.29) is 6.20 Å². The van der Waals surface area contributed by atoms with Crippen molar-refractivity contribution in [3.63, 3.8) is 0 Å². The van der Waals surface area contributed by atoms with Crippen molar-refractivity contribution < 1.29 is 44.6 Å². The molecule has 0 fully saturated rings. The molecule has 0 amide bonds. The third-order valence-electron chi connectivity index (χ3n) is 1.98. The second-order valence-electron chi connectivity index (χ2n) is 3.27. The van der Waals surface area contributed by atoms with Crippen LogP contribution < -0.4 is 9.47 Å². The molecule has 0 bridgehead atoms.